The van der Waals surface area contributed by atoms with Crippen molar-refractivity contribution in [3.63, 3.8) is 0 Å². The molecule has 2 heterocycles. The van der Waals surface area contributed by atoms with Gasteiger partial charge in [0.25, 0.3) is 5.79 Å². The Kier molecular flexibility index (Phi) is 3.57. The fourth-order valence-corrected chi connectivity index (χ4v) is 3.19. The summed E-state index contributed by atoms with van der Waals surface area (Å²) in [5.74, 6) is -1.73. The van der Waals surface area contributed by atoms with Gasteiger partial charge in [-0.3, -0.25) is 0 Å². The highest BCUT2D eigenvalue weighted by Crippen LogP contribution is 2.48. The Morgan fingerprint density at radius 3 is 2.60 bits per heavy atom. The highest BCUT2D eigenvalue weighted by molar-refractivity contribution is 5.96. The van der Waals surface area contributed by atoms with Crippen molar-refractivity contribution >= 4 is 11.9 Å². The van der Waals surface area contributed by atoms with E-state index in [1.165, 1.54) is 0 Å². The lowest BCUT2D eigenvalue weighted by Gasteiger charge is -2.23. The summed E-state index contributed by atoms with van der Waals surface area (Å²) < 4.78 is 16.7. The van der Waals surface area contributed by atoms with Crippen LogP contribution in [-0.2, 0) is 31.4 Å². The molecule has 4 rings (SSSR count). The zero-order valence-electron chi connectivity index (χ0n) is 13.7. The number of esters is 2. The van der Waals surface area contributed by atoms with Gasteiger partial charge in [-0.2, -0.15) is 0 Å². The zero-order chi connectivity index (χ0) is 17.4. The summed E-state index contributed by atoms with van der Waals surface area (Å²) in [6, 6.07) is 16.5. The third-order valence-corrected chi connectivity index (χ3v) is 4.43. The first-order valence-corrected chi connectivity index (χ1v) is 8.02. The third-order valence-electron chi connectivity index (χ3n) is 4.43. The molecule has 2 aliphatic rings. The molecule has 25 heavy (non-hydrogen) atoms. The molecule has 1 atom stereocenters. The van der Waals surface area contributed by atoms with Crippen LogP contribution in [0.3, 0.4) is 0 Å². The quantitative estimate of drug-likeness (QED) is 0.804. The third kappa shape index (κ3) is 2.58. The maximum atomic E-state index is 12.5. The van der Waals surface area contributed by atoms with E-state index in [2.05, 4.69) is 0 Å². The summed E-state index contributed by atoms with van der Waals surface area (Å²) in [5.41, 5.74) is 2.40. The average molecular weight is 336 g/mol. The highest BCUT2D eigenvalue weighted by Gasteiger charge is 2.53. The second-order valence-electron chi connectivity index (χ2n) is 6.06. The Labute approximate surface area is 144 Å². The molecule has 126 valence electrons. The van der Waals surface area contributed by atoms with Crippen molar-refractivity contribution in [2.45, 2.75) is 25.7 Å². The molecule has 0 bridgehead atoms. The van der Waals surface area contributed by atoms with Crippen molar-refractivity contribution in [2.24, 2.45) is 0 Å². The van der Waals surface area contributed by atoms with E-state index in [9.17, 15) is 9.59 Å². The summed E-state index contributed by atoms with van der Waals surface area (Å²) in [6.45, 7) is 1.86. The number of carbonyl (C=O) groups excluding carboxylic acids is 2. The number of hydrogen-bond acceptors (Lipinski definition) is 5. The van der Waals surface area contributed by atoms with Crippen LogP contribution < -0.4 is 0 Å². The number of hydrogen-bond donors (Lipinski definition) is 0. The predicted octanol–water partition coefficient (Wildman–Crippen LogP) is 3.45. The first-order valence-electron chi connectivity index (χ1n) is 8.02. The van der Waals surface area contributed by atoms with E-state index in [4.69, 9.17) is 14.2 Å². The van der Waals surface area contributed by atoms with Crippen molar-refractivity contribution in [3.05, 3.63) is 82.6 Å². The summed E-state index contributed by atoms with van der Waals surface area (Å²) in [6.07, 6.45) is 0.148. The van der Waals surface area contributed by atoms with Crippen LogP contribution >= 0.6 is 0 Å². The van der Waals surface area contributed by atoms with Gasteiger partial charge in [-0.1, -0.05) is 48.5 Å². The van der Waals surface area contributed by atoms with Gasteiger partial charge in [0.05, 0.1) is 23.1 Å². The van der Waals surface area contributed by atoms with E-state index in [-0.39, 0.29) is 13.0 Å². The molecule has 0 aliphatic carbocycles. The van der Waals surface area contributed by atoms with Gasteiger partial charge >= 0.3 is 11.9 Å². The Morgan fingerprint density at radius 2 is 1.80 bits per heavy atom. The largest absolute Gasteiger partial charge is 0.457 e. The predicted molar refractivity (Wildman–Crippen MR) is 88.2 cm³/mol. The molecule has 0 aromatic heterocycles. The Morgan fingerprint density at radius 1 is 1.08 bits per heavy atom. The van der Waals surface area contributed by atoms with Crippen molar-refractivity contribution in [2.75, 3.05) is 0 Å². The molecule has 0 N–H and O–H groups in total. The number of allylic oxidation sites excluding steroid dienone is 1. The van der Waals surface area contributed by atoms with Crippen molar-refractivity contribution in [1.29, 1.82) is 0 Å². The molecule has 2 aromatic carbocycles. The second-order valence-corrected chi connectivity index (χ2v) is 6.06. The average Bonchev–Trinajstić information content (AvgIpc) is 3.11. The van der Waals surface area contributed by atoms with Crippen LogP contribution in [0.15, 0.2) is 65.9 Å². The van der Waals surface area contributed by atoms with E-state index in [1.54, 1.807) is 25.1 Å². The van der Waals surface area contributed by atoms with Crippen LogP contribution in [0.4, 0.5) is 0 Å². The number of fused-ring (bicyclic) bond motifs is 2. The van der Waals surface area contributed by atoms with Gasteiger partial charge < -0.3 is 14.2 Å². The summed E-state index contributed by atoms with van der Waals surface area (Å²) in [7, 11) is 0. The van der Waals surface area contributed by atoms with Gasteiger partial charge in [0.15, 0.2) is 0 Å². The van der Waals surface area contributed by atoms with E-state index >= 15 is 0 Å². The summed E-state index contributed by atoms with van der Waals surface area (Å²) >= 11 is 0. The number of carbonyl (C=O) groups is 2. The number of benzene rings is 2. The normalized spacial score (nSPS) is 21.1. The van der Waals surface area contributed by atoms with E-state index < -0.39 is 17.7 Å². The molecule has 5 heteroatoms. The summed E-state index contributed by atoms with van der Waals surface area (Å²) in [4.78, 5) is 24.5. The number of rotatable bonds is 3. The SMILES string of the molecule is CC1=C(C(=O)OCc2ccccc2)CC2(OC(=O)c3ccccc32)O1. The fraction of sp³-hybridized carbons (Fsp3) is 0.200. The van der Waals surface area contributed by atoms with Crippen molar-refractivity contribution in [1.82, 2.24) is 0 Å². The Hall–Kier alpha value is -3.08. The van der Waals surface area contributed by atoms with Gasteiger partial charge in [-0.05, 0) is 18.6 Å². The second kappa shape index (κ2) is 5.77. The summed E-state index contributed by atoms with van der Waals surface area (Å²) in [5, 5.41) is 0. The Balaban J connectivity index is 1.52. The first kappa shape index (κ1) is 15.4. The minimum Gasteiger partial charge on any atom is -0.457 e. The zero-order valence-corrected chi connectivity index (χ0v) is 13.7. The molecule has 0 saturated heterocycles. The molecule has 1 unspecified atom stereocenters. The lowest BCUT2D eigenvalue weighted by atomic mass is 9.97. The standard InChI is InChI=1S/C20H16O5/c1-13-16(18(21)23-12-14-7-3-2-4-8-14)11-20(24-13)17-10-6-5-9-15(17)19(22)25-20/h2-10H,11-12H2,1H3. The Bertz CT molecular complexity index is 884. The molecular weight excluding hydrogens is 320 g/mol. The number of ether oxygens (including phenoxy) is 3. The van der Waals surface area contributed by atoms with Crippen LogP contribution in [0, 0.1) is 0 Å². The molecular formula is C20H16O5. The van der Waals surface area contributed by atoms with E-state index in [0.717, 1.165) is 5.56 Å². The lowest BCUT2D eigenvalue weighted by Crippen LogP contribution is -2.26. The minimum atomic E-state index is -1.25. The molecule has 2 aromatic rings. The molecule has 0 saturated carbocycles. The van der Waals surface area contributed by atoms with Crippen molar-refractivity contribution < 1.29 is 23.8 Å². The maximum Gasteiger partial charge on any atom is 0.342 e. The van der Waals surface area contributed by atoms with Crippen LogP contribution in [0.2, 0.25) is 0 Å². The maximum absolute atomic E-state index is 12.5. The minimum absolute atomic E-state index is 0.148. The van der Waals surface area contributed by atoms with Gasteiger partial charge in [-0.15, -0.1) is 0 Å². The molecule has 5 nitrogen and oxygen atoms in total. The van der Waals surface area contributed by atoms with Gasteiger partial charge in [0, 0.05) is 0 Å². The molecule has 0 radical (unpaired) electrons. The van der Waals surface area contributed by atoms with Crippen LogP contribution in [0.1, 0.15) is 34.8 Å². The van der Waals surface area contributed by atoms with Crippen molar-refractivity contribution in [3.8, 4) is 0 Å². The van der Waals surface area contributed by atoms with Crippen LogP contribution in [-0.4, -0.2) is 11.9 Å². The van der Waals surface area contributed by atoms with Crippen LogP contribution in [0.25, 0.3) is 0 Å². The first-order chi connectivity index (χ1) is 12.1. The smallest absolute Gasteiger partial charge is 0.342 e. The molecule has 0 fully saturated rings. The monoisotopic (exact) mass is 336 g/mol. The van der Waals surface area contributed by atoms with E-state index in [0.29, 0.717) is 22.5 Å². The topological polar surface area (TPSA) is 61.8 Å². The fourth-order valence-electron chi connectivity index (χ4n) is 3.19. The highest BCUT2D eigenvalue weighted by atomic mass is 16.7. The lowest BCUT2D eigenvalue weighted by molar-refractivity contribution is -0.163. The molecule has 2 aliphatic heterocycles. The van der Waals surface area contributed by atoms with Gasteiger partial charge in [-0.25, -0.2) is 9.59 Å². The molecule has 1 spiro atoms. The molecule has 0 amide bonds. The van der Waals surface area contributed by atoms with Gasteiger partial charge in [0.2, 0.25) is 0 Å². The van der Waals surface area contributed by atoms with E-state index in [1.807, 2.05) is 36.4 Å². The van der Waals surface area contributed by atoms with Gasteiger partial charge in [0.1, 0.15) is 12.4 Å². The van der Waals surface area contributed by atoms with Crippen LogP contribution in [0.5, 0.6) is 0 Å².